The molecule has 4 rings (SSSR count). The number of aliphatic hydroxyl groups excluding tert-OH is 3. The molecule has 0 aliphatic heterocycles. The normalized spacial score (nSPS) is 31.0. The maximum absolute atomic E-state index is 13.5. The Morgan fingerprint density at radius 2 is 1.82 bits per heavy atom. The van der Waals surface area contributed by atoms with Crippen LogP contribution in [0.5, 0.6) is 5.75 Å². The minimum atomic E-state index is -2.89. The van der Waals surface area contributed by atoms with Gasteiger partial charge in [0.15, 0.2) is 11.4 Å². The second kappa shape index (κ2) is 7.15. The highest BCUT2D eigenvalue weighted by molar-refractivity contribution is 6.23. The molecular formula is C22H22N2O9. The van der Waals surface area contributed by atoms with Crippen molar-refractivity contribution in [2.45, 2.75) is 37.9 Å². The van der Waals surface area contributed by atoms with Gasteiger partial charge in [-0.15, -0.1) is 0 Å². The molecule has 0 heterocycles. The number of nitrogens with one attached hydrogen (secondary N) is 1. The maximum atomic E-state index is 13.5. The van der Waals surface area contributed by atoms with Crippen LogP contribution in [-0.4, -0.2) is 60.6 Å². The van der Waals surface area contributed by atoms with Gasteiger partial charge < -0.3 is 36.6 Å². The molecule has 1 fully saturated rings. The number of nitrogens with two attached hydrogens (primary N) is 1. The topological polar surface area (TPSA) is 207 Å². The Morgan fingerprint density at radius 3 is 2.39 bits per heavy atom. The van der Waals surface area contributed by atoms with Gasteiger partial charge >= 0.3 is 0 Å². The molecule has 11 heteroatoms. The maximum Gasteiger partial charge on any atom is 0.255 e. The molecule has 33 heavy (non-hydrogen) atoms. The summed E-state index contributed by atoms with van der Waals surface area (Å²) < 4.78 is 0. The quantitative estimate of drug-likeness (QED) is 0.233. The first-order valence-corrected chi connectivity index (χ1v) is 10.1. The number of benzene rings is 1. The summed E-state index contributed by atoms with van der Waals surface area (Å²) in [6.07, 6.45) is -2.23. The largest absolute Gasteiger partial charge is 0.508 e. The number of fused-ring (bicyclic) bond motifs is 3. The van der Waals surface area contributed by atoms with E-state index in [0.29, 0.717) is 5.56 Å². The summed E-state index contributed by atoms with van der Waals surface area (Å²) in [5.41, 5.74) is 0.937. The van der Waals surface area contributed by atoms with E-state index in [1.54, 1.807) is 6.92 Å². The van der Waals surface area contributed by atoms with E-state index in [-0.39, 0.29) is 11.3 Å². The number of aromatic hydroxyl groups is 1. The molecule has 0 aromatic heterocycles. The van der Waals surface area contributed by atoms with Crippen LogP contribution in [0.3, 0.4) is 0 Å². The molecule has 11 nitrogen and oxygen atoms in total. The first kappa shape index (κ1) is 22.5. The van der Waals surface area contributed by atoms with Crippen LogP contribution in [0.25, 0.3) is 5.76 Å². The molecule has 0 radical (unpaired) electrons. The van der Waals surface area contributed by atoms with Gasteiger partial charge in [-0.05, 0) is 17.5 Å². The van der Waals surface area contributed by atoms with E-state index < -0.39 is 87.7 Å². The van der Waals surface area contributed by atoms with E-state index >= 15 is 0 Å². The minimum absolute atomic E-state index is 0.0403. The first-order chi connectivity index (χ1) is 15.3. The summed E-state index contributed by atoms with van der Waals surface area (Å²) in [6.45, 7) is 2.83. The van der Waals surface area contributed by atoms with E-state index in [0.717, 1.165) is 0 Å². The molecule has 2 amide bonds. The van der Waals surface area contributed by atoms with Crippen molar-refractivity contribution in [2.75, 3.05) is 5.32 Å². The number of primary amides is 1. The predicted octanol–water partition coefficient (Wildman–Crippen LogP) is -0.0859. The van der Waals surface area contributed by atoms with E-state index in [1.807, 2.05) is 0 Å². The summed E-state index contributed by atoms with van der Waals surface area (Å²) in [4.78, 5) is 49.0. The van der Waals surface area contributed by atoms with Gasteiger partial charge in [0.25, 0.3) is 5.91 Å². The van der Waals surface area contributed by atoms with Crippen LogP contribution in [0.15, 0.2) is 29.0 Å². The van der Waals surface area contributed by atoms with E-state index in [9.17, 15) is 44.7 Å². The van der Waals surface area contributed by atoms with Crippen molar-refractivity contribution in [3.05, 3.63) is 40.2 Å². The van der Waals surface area contributed by atoms with Crippen LogP contribution in [0, 0.1) is 11.8 Å². The van der Waals surface area contributed by atoms with Crippen LogP contribution in [0.4, 0.5) is 5.69 Å². The monoisotopic (exact) mass is 458 g/mol. The number of ketones is 2. The number of hydrogen-bond donors (Lipinski definition) is 7. The average Bonchev–Trinajstić information content (AvgIpc) is 2.72. The number of amides is 2. The molecule has 0 spiro atoms. The molecular weight excluding hydrogens is 436 g/mol. The molecule has 8 N–H and O–H groups in total. The van der Waals surface area contributed by atoms with E-state index in [1.165, 1.54) is 19.1 Å². The fourth-order valence-electron chi connectivity index (χ4n) is 5.29. The minimum Gasteiger partial charge on any atom is -0.508 e. The first-order valence-electron chi connectivity index (χ1n) is 10.1. The van der Waals surface area contributed by atoms with Crippen molar-refractivity contribution in [1.82, 2.24) is 0 Å². The number of anilines is 1. The number of carbonyl (C=O) groups is 4. The predicted molar refractivity (Wildman–Crippen MR) is 112 cm³/mol. The fraction of sp³-hybridized carbons (Fsp3) is 0.364. The van der Waals surface area contributed by atoms with Gasteiger partial charge in [-0.25, -0.2) is 0 Å². The number of carbonyl (C=O) groups excluding carboxylic acids is 4. The Morgan fingerprint density at radius 1 is 1.18 bits per heavy atom. The number of hydrogen-bond acceptors (Lipinski definition) is 9. The van der Waals surface area contributed by atoms with Gasteiger partial charge in [0.05, 0.1) is 17.4 Å². The Balaban J connectivity index is 1.99. The molecule has 1 aromatic rings. The lowest BCUT2D eigenvalue weighted by Gasteiger charge is -2.50. The second-order valence-corrected chi connectivity index (χ2v) is 8.59. The van der Waals surface area contributed by atoms with Gasteiger partial charge in [0.1, 0.15) is 22.8 Å². The van der Waals surface area contributed by atoms with E-state index in [2.05, 4.69) is 5.32 Å². The molecule has 1 aromatic carbocycles. The number of phenolic OH excluding ortho intramolecular Hbond substituents is 1. The lowest BCUT2D eigenvalue weighted by atomic mass is 9.55. The molecule has 3 aliphatic carbocycles. The lowest BCUT2D eigenvalue weighted by molar-refractivity contribution is -0.160. The molecule has 3 aliphatic rings. The smallest absolute Gasteiger partial charge is 0.255 e. The molecule has 174 valence electrons. The van der Waals surface area contributed by atoms with Crippen molar-refractivity contribution >= 4 is 34.8 Å². The highest BCUT2D eigenvalue weighted by atomic mass is 16.4. The van der Waals surface area contributed by atoms with Gasteiger partial charge in [-0.2, -0.15) is 0 Å². The Bertz CT molecular complexity index is 1210. The Labute approximate surface area is 186 Å². The SMILES string of the molecule is CC(=O)Nc1ccc2c(c1O)C(O)=C1C(=O)[C@]3(O)C(O)=C(C(N)=O)C(=O)C[C@@H]3[C@H](O)[C@@H]1[C@H]2C. The molecule has 5 atom stereocenters. The van der Waals surface area contributed by atoms with Gasteiger partial charge in [0.2, 0.25) is 11.7 Å². The number of phenols is 1. The van der Waals surface area contributed by atoms with Gasteiger partial charge in [-0.3, -0.25) is 19.2 Å². The number of rotatable bonds is 2. The van der Waals surface area contributed by atoms with Crippen LogP contribution >= 0.6 is 0 Å². The van der Waals surface area contributed by atoms with Gasteiger partial charge in [-0.1, -0.05) is 13.0 Å². The summed E-state index contributed by atoms with van der Waals surface area (Å²) in [5, 5.41) is 57.0. The van der Waals surface area contributed by atoms with Crippen LogP contribution in [-0.2, 0) is 19.2 Å². The van der Waals surface area contributed by atoms with Crippen LogP contribution in [0.1, 0.15) is 37.3 Å². The molecule has 0 bridgehead atoms. The third-order valence-electron chi connectivity index (χ3n) is 6.81. The van der Waals surface area contributed by atoms with Crippen molar-refractivity contribution < 1.29 is 44.7 Å². The lowest BCUT2D eigenvalue weighted by Crippen LogP contribution is -2.63. The zero-order valence-electron chi connectivity index (χ0n) is 17.6. The number of aliphatic hydroxyl groups is 4. The summed E-state index contributed by atoms with van der Waals surface area (Å²) >= 11 is 0. The van der Waals surface area contributed by atoms with Crippen molar-refractivity contribution in [2.24, 2.45) is 17.6 Å². The average molecular weight is 458 g/mol. The Hall–Kier alpha value is -3.70. The fourth-order valence-corrected chi connectivity index (χ4v) is 5.29. The van der Waals surface area contributed by atoms with Crippen molar-refractivity contribution in [3.63, 3.8) is 0 Å². The third kappa shape index (κ3) is 2.82. The van der Waals surface area contributed by atoms with E-state index in [4.69, 9.17) is 5.73 Å². The standard InChI is InChI=1S/C22H22N2O9/c1-6-8-3-4-10(24-7(2)25)17(28)13(8)18(29)15-12(6)16(27)9-5-11(26)14(21(23)32)19(30)22(9,33)20(15)31/h3-4,6,9,12,16,27-30,33H,5H2,1-2H3,(H2,23,32)(H,24,25)/t6-,9+,12+,16-,22+/m0/s1. The molecule has 0 unspecified atom stereocenters. The van der Waals surface area contributed by atoms with Crippen LogP contribution < -0.4 is 11.1 Å². The number of Topliss-reactive ketones (excluding diaryl/α,β-unsaturated/α-hetero) is 2. The third-order valence-corrected chi connectivity index (χ3v) is 6.81. The molecule has 1 saturated carbocycles. The second-order valence-electron chi connectivity index (χ2n) is 8.59. The van der Waals surface area contributed by atoms with Crippen molar-refractivity contribution in [1.29, 1.82) is 0 Å². The van der Waals surface area contributed by atoms with Crippen molar-refractivity contribution in [3.8, 4) is 5.75 Å². The zero-order valence-corrected chi connectivity index (χ0v) is 17.6. The highest BCUT2D eigenvalue weighted by Crippen LogP contribution is 2.56. The zero-order chi connectivity index (χ0) is 24.6. The summed E-state index contributed by atoms with van der Waals surface area (Å²) in [7, 11) is 0. The highest BCUT2D eigenvalue weighted by Gasteiger charge is 2.64. The summed E-state index contributed by atoms with van der Waals surface area (Å²) in [6, 6.07) is 2.90. The Kier molecular flexibility index (Phi) is 4.88. The summed E-state index contributed by atoms with van der Waals surface area (Å²) in [5.74, 6) is -9.89. The van der Waals surface area contributed by atoms with Crippen LogP contribution in [0.2, 0.25) is 0 Å². The van der Waals surface area contributed by atoms with Gasteiger partial charge in [0, 0.05) is 30.8 Å². The molecule has 0 saturated heterocycles.